The van der Waals surface area contributed by atoms with Crippen LogP contribution in [0.5, 0.6) is 0 Å². The van der Waals surface area contributed by atoms with Gasteiger partial charge in [-0.1, -0.05) is 6.42 Å². The third-order valence-corrected chi connectivity index (χ3v) is 5.11. The fourth-order valence-corrected chi connectivity index (χ4v) is 4.05. The van der Waals surface area contributed by atoms with E-state index in [1.807, 2.05) is 0 Å². The van der Waals surface area contributed by atoms with Crippen LogP contribution < -0.4 is 16.8 Å². The summed E-state index contributed by atoms with van der Waals surface area (Å²) in [7, 11) is 0. The van der Waals surface area contributed by atoms with Crippen molar-refractivity contribution in [2.45, 2.75) is 44.2 Å². The van der Waals surface area contributed by atoms with Gasteiger partial charge in [0.15, 0.2) is 0 Å². The Morgan fingerprint density at radius 1 is 1.00 bits per heavy atom. The van der Waals surface area contributed by atoms with Crippen LogP contribution in [-0.4, -0.2) is 23.9 Å². The average Bonchev–Trinajstić information content (AvgIpc) is 2.48. The fraction of sp³-hybridized carbons (Fsp3) is 0.529. The minimum absolute atomic E-state index is 0.0756. The summed E-state index contributed by atoms with van der Waals surface area (Å²) < 4.78 is 0. The van der Waals surface area contributed by atoms with Crippen molar-refractivity contribution in [2.24, 2.45) is 23.3 Å². The van der Waals surface area contributed by atoms with Crippen molar-refractivity contribution < 1.29 is 9.59 Å². The molecule has 0 radical (unpaired) electrons. The van der Waals surface area contributed by atoms with Gasteiger partial charge < -0.3 is 16.8 Å². The standard InChI is InChI=1S/C17H23N3O2/c18-14-8-12-2-1-3-13(9-14)15(12)20-17(22)11-6-4-10(5-7-11)16(19)21/h4-7,12-15H,1-3,8-9,18H2,(H2,19,21)(H,20,22). The first-order valence-electron chi connectivity index (χ1n) is 8.01. The molecule has 2 aliphatic carbocycles. The van der Waals surface area contributed by atoms with E-state index in [0.29, 0.717) is 23.0 Å². The molecule has 5 heteroatoms. The Balaban J connectivity index is 1.69. The second kappa shape index (κ2) is 6.08. The van der Waals surface area contributed by atoms with Gasteiger partial charge in [-0.3, -0.25) is 9.59 Å². The van der Waals surface area contributed by atoms with Gasteiger partial charge in [0.1, 0.15) is 0 Å². The summed E-state index contributed by atoms with van der Waals surface area (Å²) in [4.78, 5) is 23.5. The molecule has 22 heavy (non-hydrogen) atoms. The molecule has 2 saturated carbocycles. The molecule has 5 nitrogen and oxygen atoms in total. The number of fused-ring (bicyclic) bond motifs is 2. The maximum Gasteiger partial charge on any atom is 0.251 e. The Bertz CT molecular complexity index is 556. The van der Waals surface area contributed by atoms with Crippen molar-refractivity contribution in [3.8, 4) is 0 Å². The zero-order valence-electron chi connectivity index (χ0n) is 12.6. The molecule has 0 heterocycles. The summed E-state index contributed by atoms with van der Waals surface area (Å²) in [6, 6.07) is 7.00. The largest absolute Gasteiger partial charge is 0.366 e. The van der Waals surface area contributed by atoms with Gasteiger partial charge in [-0.05, 0) is 61.8 Å². The molecule has 0 aliphatic heterocycles. The van der Waals surface area contributed by atoms with Crippen LogP contribution in [-0.2, 0) is 0 Å². The third kappa shape index (κ3) is 2.99. The number of amides is 2. The van der Waals surface area contributed by atoms with Gasteiger partial charge in [0.05, 0.1) is 0 Å². The van der Waals surface area contributed by atoms with Crippen molar-refractivity contribution in [1.29, 1.82) is 0 Å². The van der Waals surface area contributed by atoms with Crippen molar-refractivity contribution in [1.82, 2.24) is 5.32 Å². The zero-order chi connectivity index (χ0) is 15.7. The van der Waals surface area contributed by atoms with E-state index in [9.17, 15) is 9.59 Å². The van der Waals surface area contributed by atoms with E-state index in [0.717, 1.165) is 25.7 Å². The molecule has 0 saturated heterocycles. The number of nitrogens with two attached hydrogens (primary N) is 2. The lowest BCUT2D eigenvalue weighted by molar-refractivity contribution is 0.0755. The van der Waals surface area contributed by atoms with E-state index < -0.39 is 5.91 Å². The predicted molar refractivity (Wildman–Crippen MR) is 84.3 cm³/mol. The van der Waals surface area contributed by atoms with Gasteiger partial charge >= 0.3 is 0 Å². The molecule has 1 aromatic carbocycles. The van der Waals surface area contributed by atoms with E-state index in [-0.39, 0.29) is 18.0 Å². The van der Waals surface area contributed by atoms with Crippen LogP contribution >= 0.6 is 0 Å². The smallest absolute Gasteiger partial charge is 0.251 e. The number of hydrogen-bond donors (Lipinski definition) is 3. The molecule has 3 rings (SSSR count). The molecular formula is C17H23N3O2. The molecule has 1 aromatic rings. The molecule has 118 valence electrons. The van der Waals surface area contributed by atoms with Crippen LogP contribution in [0.25, 0.3) is 0 Å². The predicted octanol–water partition coefficient (Wildman–Crippen LogP) is 1.42. The van der Waals surface area contributed by atoms with E-state index in [2.05, 4.69) is 5.32 Å². The Hall–Kier alpha value is -1.88. The van der Waals surface area contributed by atoms with E-state index in [1.165, 1.54) is 6.42 Å². The topological polar surface area (TPSA) is 98.2 Å². The van der Waals surface area contributed by atoms with Crippen LogP contribution in [0.15, 0.2) is 24.3 Å². The fourth-order valence-electron chi connectivity index (χ4n) is 4.05. The number of primary amides is 1. The van der Waals surface area contributed by atoms with Crippen LogP contribution in [0.2, 0.25) is 0 Å². The number of hydrogen-bond acceptors (Lipinski definition) is 3. The van der Waals surface area contributed by atoms with Gasteiger partial charge in [0, 0.05) is 23.2 Å². The van der Waals surface area contributed by atoms with Crippen molar-refractivity contribution in [2.75, 3.05) is 0 Å². The SMILES string of the molecule is NC(=O)c1ccc(C(=O)NC2C3CCCC2CC(N)C3)cc1. The molecule has 2 aliphatic rings. The molecule has 0 aromatic heterocycles. The molecule has 0 spiro atoms. The maximum atomic E-state index is 12.4. The zero-order valence-corrected chi connectivity index (χ0v) is 12.6. The highest BCUT2D eigenvalue weighted by molar-refractivity contribution is 5.97. The van der Waals surface area contributed by atoms with Gasteiger partial charge in [0.2, 0.25) is 5.91 Å². The summed E-state index contributed by atoms with van der Waals surface area (Å²) in [5.41, 5.74) is 12.3. The number of rotatable bonds is 3. The summed E-state index contributed by atoms with van der Waals surface area (Å²) in [6.45, 7) is 0. The molecule has 2 fully saturated rings. The molecule has 2 amide bonds. The monoisotopic (exact) mass is 301 g/mol. The van der Waals surface area contributed by atoms with Crippen molar-refractivity contribution in [3.05, 3.63) is 35.4 Å². The van der Waals surface area contributed by atoms with Crippen LogP contribution in [0.3, 0.4) is 0 Å². The molecule has 2 unspecified atom stereocenters. The highest BCUT2D eigenvalue weighted by Gasteiger charge is 2.39. The Morgan fingerprint density at radius 3 is 2.09 bits per heavy atom. The highest BCUT2D eigenvalue weighted by atomic mass is 16.2. The van der Waals surface area contributed by atoms with Gasteiger partial charge in [-0.25, -0.2) is 0 Å². The molecule has 5 N–H and O–H groups in total. The van der Waals surface area contributed by atoms with Gasteiger partial charge in [-0.2, -0.15) is 0 Å². The second-order valence-electron chi connectivity index (χ2n) is 6.62. The number of nitrogens with one attached hydrogen (secondary N) is 1. The lowest BCUT2D eigenvalue weighted by Gasteiger charge is -2.45. The first-order valence-corrected chi connectivity index (χ1v) is 8.01. The minimum Gasteiger partial charge on any atom is -0.366 e. The van der Waals surface area contributed by atoms with Gasteiger partial charge in [-0.15, -0.1) is 0 Å². The van der Waals surface area contributed by atoms with Crippen molar-refractivity contribution >= 4 is 11.8 Å². The average molecular weight is 301 g/mol. The van der Waals surface area contributed by atoms with E-state index in [4.69, 9.17) is 11.5 Å². The number of carbonyl (C=O) groups excluding carboxylic acids is 2. The van der Waals surface area contributed by atoms with Crippen LogP contribution in [0.4, 0.5) is 0 Å². The Kier molecular flexibility index (Phi) is 4.16. The molecule has 2 atom stereocenters. The van der Waals surface area contributed by atoms with E-state index >= 15 is 0 Å². The summed E-state index contributed by atoms with van der Waals surface area (Å²) >= 11 is 0. The Labute approximate surface area is 130 Å². The third-order valence-electron chi connectivity index (χ3n) is 5.11. The normalized spacial score (nSPS) is 30.6. The number of carbonyl (C=O) groups is 2. The summed E-state index contributed by atoms with van der Waals surface area (Å²) in [5.74, 6) is 0.434. The van der Waals surface area contributed by atoms with Crippen molar-refractivity contribution in [3.63, 3.8) is 0 Å². The number of benzene rings is 1. The first kappa shape index (κ1) is 15.0. The maximum absolute atomic E-state index is 12.4. The lowest BCUT2D eigenvalue weighted by Crippen LogP contribution is -2.53. The minimum atomic E-state index is -0.484. The van der Waals surface area contributed by atoms with Crippen LogP contribution in [0.1, 0.15) is 52.8 Å². The first-order chi connectivity index (χ1) is 10.5. The van der Waals surface area contributed by atoms with E-state index in [1.54, 1.807) is 24.3 Å². The molecule has 2 bridgehead atoms. The quantitative estimate of drug-likeness (QED) is 0.787. The highest BCUT2D eigenvalue weighted by Crippen LogP contribution is 2.39. The molecular weight excluding hydrogens is 278 g/mol. The summed E-state index contributed by atoms with van der Waals surface area (Å²) in [6.07, 6.45) is 5.54. The summed E-state index contributed by atoms with van der Waals surface area (Å²) in [5, 5.41) is 3.20. The van der Waals surface area contributed by atoms with Crippen LogP contribution in [0, 0.1) is 11.8 Å². The van der Waals surface area contributed by atoms with Gasteiger partial charge in [0.25, 0.3) is 5.91 Å². The Morgan fingerprint density at radius 2 is 1.55 bits per heavy atom. The second-order valence-corrected chi connectivity index (χ2v) is 6.62. The lowest BCUT2D eigenvalue weighted by atomic mass is 9.67.